The summed E-state index contributed by atoms with van der Waals surface area (Å²) in [6.07, 6.45) is 1.87. The molecule has 1 heterocycles. The van der Waals surface area contributed by atoms with Crippen LogP contribution in [0.5, 0.6) is 5.75 Å². The fourth-order valence-corrected chi connectivity index (χ4v) is 2.85. The van der Waals surface area contributed by atoms with Crippen molar-refractivity contribution in [2.75, 3.05) is 6.61 Å². The van der Waals surface area contributed by atoms with Crippen LogP contribution in [-0.2, 0) is 4.79 Å². The van der Waals surface area contributed by atoms with Gasteiger partial charge in [-0.15, -0.1) is 0 Å². The molecular weight excluding hydrogens is 360 g/mol. The minimum atomic E-state index is -0.558. The second-order valence-corrected chi connectivity index (χ2v) is 6.59. The number of fused-ring (bicyclic) bond motifs is 1. The summed E-state index contributed by atoms with van der Waals surface area (Å²) < 4.78 is 10.7. The van der Waals surface area contributed by atoms with Crippen LogP contribution in [0.1, 0.15) is 12.8 Å². The van der Waals surface area contributed by atoms with Crippen molar-refractivity contribution in [3.63, 3.8) is 0 Å². The van der Waals surface area contributed by atoms with E-state index in [1.165, 1.54) is 6.07 Å². The Morgan fingerprint density at radius 3 is 2.61 bits per heavy atom. The smallest absolute Gasteiger partial charge is 0.336 e. The van der Waals surface area contributed by atoms with Gasteiger partial charge in [-0.05, 0) is 36.1 Å². The molecule has 1 aromatic heterocycles. The molecular formula is C21H18N2O5. The molecule has 1 fully saturated rings. The number of hydrogen-bond donors (Lipinski definition) is 2. The number of carbonyl (C=O) groups is 2. The highest BCUT2D eigenvalue weighted by Crippen LogP contribution is 2.29. The normalized spacial score (nSPS) is 13.1. The molecule has 2 aromatic carbocycles. The monoisotopic (exact) mass is 378 g/mol. The molecule has 7 nitrogen and oxygen atoms in total. The van der Waals surface area contributed by atoms with Crippen LogP contribution in [0.25, 0.3) is 22.1 Å². The predicted molar refractivity (Wildman–Crippen MR) is 103 cm³/mol. The van der Waals surface area contributed by atoms with E-state index < -0.39 is 17.6 Å². The van der Waals surface area contributed by atoms with E-state index in [0.29, 0.717) is 11.3 Å². The average Bonchev–Trinajstić information content (AvgIpc) is 3.50. The Morgan fingerprint density at radius 1 is 1.07 bits per heavy atom. The number of carbonyl (C=O) groups excluding carboxylic acids is 2. The number of ether oxygens (including phenoxy) is 1. The Labute approximate surface area is 160 Å². The lowest BCUT2D eigenvalue weighted by Crippen LogP contribution is -2.42. The summed E-state index contributed by atoms with van der Waals surface area (Å²) in [4.78, 5) is 35.3. The fraction of sp³-hybridized carbons (Fsp3) is 0.190. The van der Waals surface area contributed by atoms with Crippen LogP contribution in [0.3, 0.4) is 0 Å². The number of urea groups is 1. The first-order valence-corrected chi connectivity index (χ1v) is 8.95. The first-order chi connectivity index (χ1) is 13.6. The van der Waals surface area contributed by atoms with E-state index in [1.54, 1.807) is 18.2 Å². The molecule has 1 saturated carbocycles. The van der Waals surface area contributed by atoms with Crippen molar-refractivity contribution < 1.29 is 18.7 Å². The third kappa shape index (κ3) is 4.20. The molecule has 0 saturated heterocycles. The highest BCUT2D eigenvalue weighted by molar-refractivity contribution is 5.95. The number of hydrogen-bond acceptors (Lipinski definition) is 5. The Hall–Kier alpha value is -3.61. The molecule has 0 aliphatic heterocycles. The quantitative estimate of drug-likeness (QED) is 0.666. The van der Waals surface area contributed by atoms with Gasteiger partial charge in [0.15, 0.2) is 6.61 Å². The van der Waals surface area contributed by atoms with Crippen LogP contribution in [0.4, 0.5) is 4.79 Å². The third-order valence-electron chi connectivity index (χ3n) is 4.34. The minimum absolute atomic E-state index is 0.163. The molecule has 0 bridgehead atoms. The van der Waals surface area contributed by atoms with Gasteiger partial charge in [0, 0.05) is 23.6 Å². The van der Waals surface area contributed by atoms with Gasteiger partial charge in [-0.25, -0.2) is 9.59 Å². The van der Waals surface area contributed by atoms with Gasteiger partial charge in [0.05, 0.1) is 0 Å². The Balaban J connectivity index is 1.49. The van der Waals surface area contributed by atoms with E-state index in [9.17, 15) is 14.4 Å². The van der Waals surface area contributed by atoms with Crippen molar-refractivity contribution in [2.24, 2.45) is 0 Å². The Morgan fingerprint density at radius 2 is 1.86 bits per heavy atom. The number of nitrogens with one attached hydrogen (secondary N) is 2. The first kappa shape index (κ1) is 17.8. The second kappa shape index (κ2) is 7.56. The van der Waals surface area contributed by atoms with E-state index >= 15 is 0 Å². The zero-order chi connectivity index (χ0) is 19.5. The average molecular weight is 378 g/mol. The molecule has 0 spiro atoms. The van der Waals surface area contributed by atoms with E-state index in [0.717, 1.165) is 29.4 Å². The van der Waals surface area contributed by atoms with Gasteiger partial charge in [0.2, 0.25) is 0 Å². The molecule has 0 atom stereocenters. The molecule has 3 aromatic rings. The summed E-state index contributed by atoms with van der Waals surface area (Å²) in [5, 5.41) is 5.63. The SMILES string of the molecule is O=C(COc1ccc2c(-c3ccccc3)cc(=O)oc2c1)NC(=O)NC1CC1. The second-order valence-electron chi connectivity index (χ2n) is 6.59. The fourth-order valence-electron chi connectivity index (χ4n) is 2.85. The summed E-state index contributed by atoms with van der Waals surface area (Å²) in [6.45, 7) is -0.327. The molecule has 0 unspecified atom stereocenters. The lowest BCUT2D eigenvalue weighted by atomic mass is 10.0. The van der Waals surface area contributed by atoms with Crippen molar-refractivity contribution in [3.05, 3.63) is 65.0 Å². The van der Waals surface area contributed by atoms with Crippen LogP contribution in [0, 0.1) is 0 Å². The van der Waals surface area contributed by atoms with E-state index in [4.69, 9.17) is 9.15 Å². The molecule has 3 amide bonds. The number of rotatable bonds is 5. The maximum atomic E-state index is 12.0. The molecule has 7 heteroatoms. The summed E-state index contributed by atoms with van der Waals surface area (Å²) in [5.41, 5.74) is 1.54. The van der Waals surface area contributed by atoms with Crippen LogP contribution in [0.15, 0.2) is 63.8 Å². The molecule has 2 N–H and O–H groups in total. The standard InChI is InChI=1S/C21H18N2O5/c24-19(23-21(26)22-14-6-7-14)12-27-15-8-9-16-17(13-4-2-1-3-5-13)11-20(25)28-18(16)10-15/h1-5,8-11,14H,6-7,12H2,(H2,22,23,24,26). The summed E-state index contributed by atoms with van der Waals surface area (Å²) in [6, 6.07) is 15.6. The predicted octanol–water partition coefficient (Wildman–Crippen LogP) is 2.83. The molecule has 0 radical (unpaired) electrons. The molecule has 4 rings (SSSR count). The summed E-state index contributed by atoms with van der Waals surface area (Å²) in [7, 11) is 0. The van der Waals surface area contributed by atoms with Crippen molar-refractivity contribution >= 4 is 22.9 Å². The van der Waals surface area contributed by atoms with Gasteiger partial charge in [-0.2, -0.15) is 0 Å². The molecule has 28 heavy (non-hydrogen) atoms. The van der Waals surface area contributed by atoms with Crippen molar-refractivity contribution in [1.29, 1.82) is 0 Å². The van der Waals surface area contributed by atoms with Crippen molar-refractivity contribution in [2.45, 2.75) is 18.9 Å². The number of amides is 3. The third-order valence-corrected chi connectivity index (χ3v) is 4.34. The van der Waals surface area contributed by atoms with Gasteiger partial charge < -0.3 is 14.5 Å². The Bertz CT molecular complexity index is 1090. The zero-order valence-electron chi connectivity index (χ0n) is 14.9. The van der Waals surface area contributed by atoms with Crippen LogP contribution >= 0.6 is 0 Å². The van der Waals surface area contributed by atoms with Crippen molar-refractivity contribution in [1.82, 2.24) is 10.6 Å². The molecule has 1 aliphatic carbocycles. The Kier molecular flexibility index (Phi) is 4.80. The van der Waals surface area contributed by atoms with Gasteiger partial charge >= 0.3 is 11.7 Å². The minimum Gasteiger partial charge on any atom is -0.484 e. The van der Waals surface area contributed by atoms with Crippen LogP contribution < -0.4 is 21.0 Å². The van der Waals surface area contributed by atoms with Gasteiger partial charge in [-0.3, -0.25) is 10.1 Å². The van der Waals surface area contributed by atoms with Gasteiger partial charge in [-0.1, -0.05) is 30.3 Å². The van der Waals surface area contributed by atoms with Gasteiger partial charge in [0.1, 0.15) is 11.3 Å². The van der Waals surface area contributed by atoms with Crippen LogP contribution in [-0.4, -0.2) is 24.6 Å². The maximum Gasteiger partial charge on any atom is 0.336 e. The maximum absolute atomic E-state index is 12.0. The highest BCUT2D eigenvalue weighted by Gasteiger charge is 2.23. The molecule has 1 aliphatic rings. The number of benzene rings is 2. The van der Waals surface area contributed by atoms with Crippen LogP contribution in [0.2, 0.25) is 0 Å². The highest BCUT2D eigenvalue weighted by atomic mass is 16.5. The first-order valence-electron chi connectivity index (χ1n) is 8.95. The summed E-state index contributed by atoms with van der Waals surface area (Å²) in [5.74, 6) is -0.198. The van der Waals surface area contributed by atoms with Crippen molar-refractivity contribution in [3.8, 4) is 16.9 Å². The molecule has 142 valence electrons. The lowest BCUT2D eigenvalue weighted by Gasteiger charge is -2.09. The van der Waals surface area contributed by atoms with Gasteiger partial charge in [0.25, 0.3) is 5.91 Å². The number of imide groups is 1. The largest absolute Gasteiger partial charge is 0.484 e. The topological polar surface area (TPSA) is 97.6 Å². The lowest BCUT2D eigenvalue weighted by molar-refractivity contribution is -0.122. The zero-order valence-corrected chi connectivity index (χ0v) is 14.9. The summed E-state index contributed by atoms with van der Waals surface area (Å²) >= 11 is 0. The van der Waals surface area contributed by atoms with E-state index in [1.807, 2.05) is 30.3 Å². The van der Waals surface area contributed by atoms with E-state index in [-0.39, 0.29) is 12.6 Å². The van der Waals surface area contributed by atoms with E-state index in [2.05, 4.69) is 10.6 Å².